The number of carbonyl (C=O) groups is 2. The van der Waals surface area contributed by atoms with Crippen molar-refractivity contribution in [1.82, 2.24) is 5.32 Å². The van der Waals surface area contributed by atoms with E-state index in [1.54, 1.807) is 12.1 Å². The third-order valence-electron chi connectivity index (χ3n) is 3.63. The summed E-state index contributed by atoms with van der Waals surface area (Å²) in [4.78, 5) is 36.1. The molecule has 1 N–H and O–H groups in total. The molecule has 8 heteroatoms. The number of nitrogens with zero attached hydrogens (tertiary/aromatic N) is 1. The number of hydrogen-bond acceptors (Lipinski definition) is 6. The Labute approximate surface area is 160 Å². The monoisotopic (exact) mass is 388 g/mol. The highest BCUT2D eigenvalue weighted by Gasteiger charge is 2.24. The van der Waals surface area contributed by atoms with Crippen molar-refractivity contribution in [3.63, 3.8) is 0 Å². The van der Waals surface area contributed by atoms with Crippen LogP contribution in [0, 0.1) is 10.1 Å². The van der Waals surface area contributed by atoms with Crippen LogP contribution in [0.15, 0.2) is 47.5 Å². The fourth-order valence-corrected chi connectivity index (χ4v) is 2.91. The van der Waals surface area contributed by atoms with Crippen LogP contribution in [0.5, 0.6) is 0 Å². The highest BCUT2D eigenvalue weighted by atomic mass is 32.1. The summed E-state index contributed by atoms with van der Waals surface area (Å²) in [7, 11) is 0. The van der Waals surface area contributed by atoms with Gasteiger partial charge in [0.25, 0.3) is 11.6 Å². The SMILES string of the molecule is CCCCCNC(=O)/C(=C/c1cccs1)OC(=O)c1ccccc1[N+](=O)[O-]. The molecular formula is C19H20N2O5S. The molecule has 1 aromatic heterocycles. The molecule has 1 amide bonds. The molecule has 0 spiro atoms. The van der Waals surface area contributed by atoms with Crippen molar-refractivity contribution in [2.75, 3.05) is 6.54 Å². The molecule has 0 saturated heterocycles. The van der Waals surface area contributed by atoms with Crippen LogP contribution >= 0.6 is 11.3 Å². The minimum atomic E-state index is -0.950. The van der Waals surface area contributed by atoms with Crippen LogP contribution < -0.4 is 5.32 Å². The molecule has 1 heterocycles. The molecule has 0 aliphatic carbocycles. The first-order chi connectivity index (χ1) is 13.0. The molecule has 0 aliphatic rings. The number of unbranched alkanes of at least 4 members (excludes halogenated alkanes) is 2. The van der Waals surface area contributed by atoms with E-state index in [0.717, 1.165) is 24.1 Å². The maximum Gasteiger partial charge on any atom is 0.350 e. The molecule has 1 aromatic carbocycles. The van der Waals surface area contributed by atoms with Gasteiger partial charge in [-0.2, -0.15) is 0 Å². The number of carbonyl (C=O) groups excluding carboxylic acids is 2. The van der Waals surface area contributed by atoms with Crippen LogP contribution in [-0.4, -0.2) is 23.3 Å². The molecule has 0 saturated carbocycles. The number of thiophene rings is 1. The zero-order chi connectivity index (χ0) is 19.6. The van der Waals surface area contributed by atoms with E-state index in [9.17, 15) is 19.7 Å². The largest absolute Gasteiger partial charge is 0.417 e. The standard InChI is InChI=1S/C19H20N2O5S/c1-2-3-6-11-20-18(22)17(13-14-8-7-12-27-14)26-19(23)15-9-4-5-10-16(15)21(24)25/h4-5,7-10,12-13H,2-3,6,11H2,1H3,(H,20,22)/b17-13-. The first kappa shape index (κ1) is 20.3. The van der Waals surface area contributed by atoms with Gasteiger partial charge < -0.3 is 10.1 Å². The molecule has 7 nitrogen and oxygen atoms in total. The molecule has 2 aromatic rings. The molecule has 0 bridgehead atoms. The fraction of sp³-hybridized carbons (Fsp3) is 0.263. The number of nitro benzene ring substituents is 1. The van der Waals surface area contributed by atoms with E-state index in [4.69, 9.17) is 4.74 Å². The second-order valence-corrected chi connectivity index (χ2v) is 6.63. The smallest absolute Gasteiger partial charge is 0.350 e. The Bertz CT molecular complexity index is 830. The number of nitro groups is 1. The summed E-state index contributed by atoms with van der Waals surface area (Å²) in [6.07, 6.45) is 4.25. The number of benzene rings is 1. The van der Waals surface area contributed by atoms with Crippen LogP contribution in [-0.2, 0) is 9.53 Å². The van der Waals surface area contributed by atoms with Crippen LogP contribution in [0.2, 0.25) is 0 Å². The molecule has 142 valence electrons. The lowest BCUT2D eigenvalue weighted by Crippen LogP contribution is -2.28. The summed E-state index contributed by atoms with van der Waals surface area (Å²) in [6, 6.07) is 9.03. The lowest BCUT2D eigenvalue weighted by atomic mass is 10.2. The third kappa shape index (κ3) is 6.03. The van der Waals surface area contributed by atoms with E-state index in [1.165, 1.54) is 41.7 Å². The van der Waals surface area contributed by atoms with Crippen LogP contribution in [0.3, 0.4) is 0 Å². The molecule has 0 aliphatic heterocycles. The van der Waals surface area contributed by atoms with E-state index < -0.39 is 16.8 Å². The Morgan fingerprint density at radius 3 is 2.67 bits per heavy atom. The number of ether oxygens (including phenoxy) is 1. The molecular weight excluding hydrogens is 368 g/mol. The van der Waals surface area contributed by atoms with Crippen molar-refractivity contribution in [3.05, 3.63) is 68.1 Å². The molecule has 0 atom stereocenters. The summed E-state index contributed by atoms with van der Waals surface area (Å²) in [6.45, 7) is 2.51. The van der Waals surface area contributed by atoms with Crippen molar-refractivity contribution in [2.45, 2.75) is 26.2 Å². The number of nitrogens with one attached hydrogen (secondary N) is 1. The molecule has 0 unspecified atom stereocenters. The van der Waals surface area contributed by atoms with Gasteiger partial charge in [-0.3, -0.25) is 14.9 Å². The van der Waals surface area contributed by atoms with Gasteiger partial charge in [0.2, 0.25) is 0 Å². The minimum Gasteiger partial charge on any atom is -0.417 e. The number of esters is 1. The van der Waals surface area contributed by atoms with E-state index in [0.29, 0.717) is 6.54 Å². The molecule has 0 fully saturated rings. The van der Waals surface area contributed by atoms with Gasteiger partial charge in [-0.05, 0) is 23.9 Å². The maximum absolute atomic E-state index is 12.4. The average molecular weight is 388 g/mol. The number of rotatable bonds is 9. The van der Waals surface area contributed by atoms with E-state index >= 15 is 0 Å². The van der Waals surface area contributed by atoms with Gasteiger partial charge in [0.15, 0.2) is 5.76 Å². The Morgan fingerprint density at radius 1 is 1.22 bits per heavy atom. The molecule has 0 radical (unpaired) electrons. The Kier molecular flexibility index (Phi) is 7.69. The van der Waals surface area contributed by atoms with E-state index in [1.807, 2.05) is 5.38 Å². The zero-order valence-electron chi connectivity index (χ0n) is 14.8. The van der Waals surface area contributed by atoms with Gasteiger partial charge in [-0.25, -0.2) is 4.79 Å². The first-order valence-corrected chi connectivity index (χ1v) is 9.40. The quantitative estimate of drug-likeness (QED) is 0.174. The predicted molar refractivity (Wildman–Crippen MR) is 103 cm³/mol. The highest BCUT2D eigenvalue weighted by molar-refractivity contribution is 7.10. The second kappa shape index (κ2) is 10.2. The second-order valence-electron chi connectivity index (χ2n) is 5.65. The van der Waals surface area contributed by atoms with Crippen LogP contribution in [0.1, 0.15) is 41.4 Å². The summed E-state index contributed by atoms with van der Waals surface area (Å²) in [5, 5.41) is 15.6. The predicted octanol–water partition coefficient (Wildman–Crippen LogP) is 4.16. The van der Waals surface area contributed by atoms with Gasteiger partial charge in [-0.1, -0.05) is 38.0 Å². The minimum absolute atomic E-state index is 0.197. The lowest BCUT2D eigenvalue weighted by Gasteiger charge is -2.10. The average Bonchev–Trinajstić information content (AvgIpc) is 3.17. The third-order valence-corrected chi connectivity index (χ3v) is 4.45. The van der Waals surface area contributed by atoms with Crippen molar-refractivity contribution in [2.24, 2.45) is 0 Å². The van der Waals surface area contributed by atoms with Crippen molar-refractivity contribution in [3.8, 4) is 0 Å². The van der Waals surface area contributed by atoms with Gasteiger partial charge in [0, 0.05) is 23.6 Å². The Morgan fingerprint density at radius 2 is 2.00 bits per heavy atom. The van der Waals surface area contributed by atoms with Gasteiger partial charge in [0.1, 0.15) is 5.56 Å². The Balaban J connectivity index is 2.20. The van der Waals surface area contributed by atoms with E-state index in [-0.39, 0.29) is 17.0 Å². The normalized spacial score (nSPS) is 11.1. The number of para-hydroxylation sites is 1. The Hall–Kier alpha value is -3.00. The van der Waals surface area contributed by atoms with Crippen molar-refractivity contribution < 1.29 is 19.2 Å². The molecule has 2 rings (SSSR count). The van der Waals surface area contributed by atoms with Gasteiger partial charge in [-0.15, -0.1) is 11.3 Å². The topological polar surface area (TPSA) is 98.5 Å². The number of hydrogen-bond donors (Lipinski definition) is 1. The lowest BCUT2D eigenvalue weighted by molar-refractivity contribution is -0.385. The van der Waals surface area contributed by atoms with Gasteiger partial charge in [0.05, 0.1) is 4.92 Å². The summed E-state index contributed by atoms with van der Waals surface area (Å²) in [5.41, 5.74) is -0.584. The van der Waals surface area contributed by atoms with Crippen LogP contribution in [0.4, 0.5) is 5.69 Å². The maximum atomic E-state index is 12.4. The van der Waals surface area contributed by atoms with Crippen molar-refractivity contribution >= 4 is 35.0 Å². The zero-order valence-corrected chi connectivity index (χ0v) is 15.7. The summed E-state index contributed by atoms with van der Waals surface area (Å²) >= 11 is 1.38. The molecule has 27 heavy (non-hydrogen) atoms. The van der Waals surface area contributed by atoms with Gasteiger partial charge >= 0.3 is 5.97 Å². The fourth-order valence-electron chi connectivity index (χ4n) is 2.27. The van der Waals surface area contributed by atoms with Crippen molar-refractivity contribution in [1.29, 1.82) is 0 Å². The highest BCUT2D eigenvalue weighted by Crippen LogP contribution is 2.21. The van der Waals surface area contributed by atoms with E-state index in [2.05, 4.69) is 12.2 Å². The number of amides is 1. The summed E-state index contributed by atoms with van der Waals surface area (Å²) < 4.78 is 5.23. The first-order valence-electron chi connectivity index (χ1n) is 8.52. The summed E-state index contributed by atoms with van der Waals surface area (Å²) in [5.74, 6) is -1.68. The van der Waals surface area contributed by atoms with Crippen LogP contribution in [0.25, 0.3) is 6.08 Å².